The highest BCUT2D eigenvalue weighted by Crippen LogP contribution is 2.24. The smallest absolute Gasteiger partial charge is 0.259 e. The first-order valence-electron chi connectivity index (χ1n) is 7.09. The summed E-state index contributed by atoms with van der Waals surface area (Å²) in [5.41, 5.74) is 2.26. The molecule has 3 rings (SSSR count). The van der Waals surface area contributed by atoms with E-state index in [1.165, 1.54) is 0 Å². The van der Waals surface area contributed by atoms with Crippen molar-refractivity contribution in [3.63, 3.8) is 0 Å². The number of aliphatic hydroxyl groups is 1. The van der Waals surface area contributed by atoms with Crippen molar-refractivity contribution in [2.24, 2.45) is 0 Å². The second-order valence-corrected chi connectivity index (χ2v) is 5.41. The van der Waals surface area contributed by atoms with Crippen molar-refractivity contribution in [1.82, 2.24) is 14.3 Å². The van der Waals surface area contributed by atoms with Crippen LogP contribution in [0.3, 0.4) is 0 Å². The van der Waals surface area contributed by atoms with Gasteiger partial charge in [-0.15, -0.1) is 0 Å². The fourth-order valence-corrected chi connectivity index (χ4v) is 2.70. The number of hydrogen-bond donors (Lipinski definition) is 1. The molecule has 0 bridgehead atoms. The Kier molecular flexibility index (Phi) is 3.55. The number of methoxy groups -OCH3 is 1. The fourth-order valence-electron chi connectivity index (χ4n) is 2.70. The van der Waals surface area contributed by atoms with Crippen LogP contribution in [0.4, 0.5) is 0 Å². The molecule has 0 aliphatic carbocycles. The molecule has 0 saturated carbocycles. The Bertz CT molecular complexity index is 672. The van der Waals surface area contributed by atoms with Gasteiger partial charge in [0.05, 0.1) is 18.8 Å². The number of carbonyl (C=O) groups excluding carboxylic acids is 1. The average molecular weight is 289 g/mol. The van der Waals surface area contributed by atoms with E-state index in [9.17, 15) is 9.90 Å². The Morgan fingerprint density at radius 2 is 2.14 bits per heavy atom. The molecule has 6 heteroatoms. The molecule has 1 fully saturated rings. The van der Waals surface area contributed by atoms with Crippen molar-refractivity contribution in [2.45, 2.75) is 25.9 Å². The maximum Gasteiger partial charge on any atom is 0.259 e. The summed E-state index contributed by atoms with van der Waals surface area (Å²) >= 11 is 0. The lowest BCUT2D eigenvalue weighted by molar-refractivity contribution is 0.0543. The molecule has 1 aliphatic rings. The van der Waals surface area contributed by atoms with Crippen LogP contribution in [0.5, 0.6) is 5.75 Å². The first kappa shape index (κ1) is 13.9. The van der Waals surface area contributed by atoms with Gasteiger partial charge in [0, 0.05) is 37.2 Å². The predicted octanol–water partition coefficient (Wildman–Crippen LogP) is 1.25. The average Bonchev–Trinajstić information content (AvgIpc) is 2.86. The lowest BCUT2D eigenvalue weighted by atomic mass is 10.1. The van der Waals surface area contributed by atoms with Crippen LogP contribution in [0.15, 0.2) is 18.5 Å². The quantitative estimate of drug-likeness (QED) is 0.903. The van der Waals surface area contributed by atoms with E-state index in [0.29, 0.717) is 37.2 Å². The topological polar surface area (TPSA) is 67.1 Å². The van der Waals surface area contributed by atoms with Crippen LogP contribution >= 0.6 is 0 Å². The molecule has 2 aromatic rings. The van der Waals surface area contributed by atoms with Gasteiger partial charge in [-0.2, -0.15) is 0 Å². The number of piperidine rings is 1. The zero-order chi connectivity index (χ0) is 15.0. The zero-order valence-corrected chi connectivity index (χ0v) is 12.2. The minimum atomic E-state index is -0.297. The van der Waals surface area contributed by atoms with E-state index >= 15 is 0 Å². The standard InChI is InChI=1S/C15H19N3O3/c1-10-8-16-14-7-13(21-2)12(9-18(10)14)15(20)17-5-3-11(19)4-6-17/h7-9,11,19H,3-6H2,1-2H3. The highest BCUT2D eigenvalue weighted by Gasteiger charge is 2.25. The number of hydrogen-bond acceptors (Lipinski definition) is 4. The number of likely N-dealkylation sites (tertiary alicyclic amines) is 1. The van der Waals surface area contributed by atoms with Gasteiger partial charge in [-0.25, -0.2) is 4.98 Å². The summed E-state index contributed by atoms with van der Waals surface area (Å²) in [6.07, 6.45) is 4.50. The second-order valence-electron chi connectivity index (χ2n) is 5.41. The van der Waals surface area contributed by atoms with Gasteiger partial charge in [-0.05, 0) is 19.8 Å². The number of nitrogens with zero attached hydrogens (tertiary/aromatic N) is 3. The Morgan fingerprint density at radius 3 is 2.81 bits per heavy atom. The molecule has 0 radical (unpaired) electrons. The van der Waals surface area contributed by atoms with Gasteiger partial charge < -0.3 is 19.1 Å². The van der Waals surface area contributed by atoms with Crippen LogP contribution in [0.25, 0.3) is 5.65 Å². The van der Waals surface area contributed by atoms with Crippen molar-refractivity contribution < 1.29 is 14.6 Å². The van der Waals surface area contributed by atoms with E-state index in [-0.39, 0.29) is 12.0 Å². The van der Waals surface area contributed by atoms with Gasteiger partial charge in [-0.3, -0.25) is 4.79 Å². The summed E-state index contributed by atoms with van der Waals surface area (Å²) in [4.78, 5) is 18.7. The maximum absolute atomic E-state index is 12.7. The molecule has 1 N–H and O–H groups in total. The molecular formula is C15H19N3O3. The number of aliphatic hydroxyl groups excluding tert-OH is 1. The number of carbonyl (C=O) groups is 1. The molecule has 112 valence electrons. The van der Waals surface area contributed by atoms with E-state index < -0.39 is 0 Å². The third-order valence-corrected chi connectivity index (χ3v) is 4.00. The van der Waals surface area contributed by atoms with Gasteiger partial charge >= 0.3 is 0 Å². The lowest BCUT2D eigenvalue weighted by Gasteiger charge is -2.30. The molecule has 1 amide bonds. The first-order chi connectivity index (χ1) is 10.1. The summed E-state index contributed by atoms with van der Waals surface area (Å²) in [6, 6.07) is 1.78. The summed E-state index contributed by atoms with van der Waals surface area (Å²) in [5.74, 6) is 0.470. The first-order valence-corrected chi connectivity index (χ1v) is 7.09. The van der Waals surface area contributed by atoms with Gasteiger partial charge in [0.1, 0.15) is 11.4 Å². The van der Waals surface area contributed by atoms with Crippen LogP contribution in [0.1, 0.15) is 28.9 Å². The number of rotatable bonds is 2. The van der Waals surface area contributed by atoms with Crippen molar-refractivity contribution in [2.75, 3.05) is 20.2 Å². The zero-order valence-electron chi connectivity index (χ0n) is 12.2. The number of aromatic nitrogens is 2. The Hall–Kier alpha value is -2.08. The normalized spacial score (nSPS) is 16.4. The Morgan fingerprint density at radius 1 is 1.43 bits per heavy atom. The van der Waals surface area contributed by atoms with Crippen molar-refractivity contribution in [3.8, 4) is 5.75 Å². The lowest BCUT2D eigenvalue weighted by Crippen LogP contribution is -2.40. The molecular weight excluding hydrogens is 270 g/mol. The largest absolute Gasteiger partial charge is 0.496 e. The molecule has 1 aliphatic heterocycles. The second kappa shape index (κ2) is 5.37. The minimum Gasteiger partial charge on any atom is -0.496 e. The van der Waals surface area contributed by atoms with E-state index in [0.717, 1.165) is 11.3 Å². The van der Waals surface area contributed by atoms with Gasteiger partial charge in [-0.1, -0.05) is 0 Å². The van der Waals surface area contributed by atoms with Crippen LogP contribution in [-0.2, 0) is 0 Å². The minimum absolute atomic E-state index is 0.0613. The maximum atomic E-state index is 12.7. The number of amides is 1. The van der Waals surface area contributed by atoms with Gasteiger partial charge in [0.15, 0.2) is 0 Å². The number of imidazole rings is 1. The molecule has 0 unspecified atom stereocenters. The third kappa shape index (κ3) is 2.47. The van der Waals surface area contributed by atoms with Crippen LogP contribution < -0.4 is 4.74 Å². The van der Waals surface area contributed by atoms with Gasteiger partial charge in [0.25, 0.3) is 5.91 Å². The SMILES string of the molecule is COc1cc2ncc(C)n2cc1C(=O)N1CCC(O)CC1. The summed E-state index contributed by atoms with van der Waals surface area (Å²) in [7, 11) is 1.55. The Labute approximate surface area is 123 Å². The summed E-state index contributed by atoms with van der Waals surface area (Å²) < 4.78 is 7.23. The summed E-state index contributed by atoms with van der Waals surface area (Å²) in [5, 5.41) is 9.55. The molecule has 0 aromatic carbocycles. The number of pyridine rings is 1. The van der Waals surface area contributed by atoms with E-state index in [1.807, 2.05) is 11.3 Å². The fraction of sp³-hybridized carbons (Fsp3) is 0.467. The number of aryl methyl sites for hydroxylation is 1. The van der Waals surface area contributed by atoms with Crippen LogP contribution in [0, 0.1) is 6.92 Å². The number of fused-ring (bicyclic) bond motifs is 1. The Balaban J connectivity index is 1.97. The van der Waals surface area contributed by atoms with Crippen LogP contribution in [-0.4, -0.2) is 51.6 Å². The predicted molar refractivity (Wildman–Crippen MR) is 77.6 cm³/mol. The van der Waals surface area contributed by atoms with Crippen molar-refractivity contribution >= 4 is 11.6 Å². The summed E-state index contributed by atoms with van der Waals surface area (Å²) in [6.45, 7) is 3.09. The third-order valence-electron chi connectivity index (χ3n) is 4.00. The molecule has 6 nitrogen and oxygen atoms in total. The molecule has 21 heavy (non-hydrogen) atoms. The van der Waals surface area contributed by atoms with E-state index in [1.54, 1.807) is 30.5 Å². The van der Waals surface area contributed by atoms with E-state index in [4.69, 9.17) is 4.74 Å². The van der Waals surface area contributed by atoms with Crippen molar-refractivity contribution in [1.29, 1.82) is 0 Å². The highest BCUT2D eigenvalue weighted by atomic mass is 16.5. The van der Waals surface area contributed by atoms with E-state index in [2.05, 4.69) is 4.98 Å². The van der Waals surface area contributed by atoms with Crippen molar-refractivity contribution in [3.05, 3.63) is 29.7 Å². The highest BCUT2D eigenvalue weighted by molar-refractivity contribution is 5.97. The van der Waals surface area contributed by atoms with Gasteiger partial charge in [0.2, 0.25) is 0 Å². The molecule has 0 spiro atoms. The monoisotopic (exact) mass is 289 g/mol. The van der Waals surface area contributed by atoms with Crippen LogP contribution in [0.2, 0.25) is 0 Å². The molecule has 1 saturated heterocycles. The molecule has 3 heterocycles. The number of ether oxygens (including phenoxy) is 1. The molecule has 2 aromatic heterocycles. The molecule has 0 atom stereocenters.